The van der Waals surface area contributed by atoms with E-state index in [0.717, 1.165) is 41.5 Å². The summed E-state index contributed by atoms with van der Waals surface area (Å²) in [5.74, 6) is 0.117. The highest BCUT2D eigenvalue weighted by atomic mass is 32.2. The first-order valence-electron chi connectivity index (χ1n) is 10.2. The number of benzene rings is 1. The van der Waals surface area contributed by atoms with Gasteiger partial charge in [-0.05, 0) is 57.4 Å². The molecule has 1 saturated carbocycles. The van der Waals surface area contributed by atoms with Crippen LogP contribution in [0.15, 0.2) is 29.4 Å². The number of aromatic nitrogens is 2. The number of carbonyl (C=O) groups is 1. The Kier molecular flexibility index (Phi) is 6.76. The molecule has 1 aromatic heterocycles. The van der Waals surface area contributed by atoms with Crippen molar-refractivity contribution in [3.05, 3.63) is 52.3 Å². The molecule has 1 heterocycles. The van der Waals surface area contributed by atoms with Gasteiger partial charge in [-0.15, -0.1) is 0 Å². The predicted octanol–water partition coefficient (Wildman–Crippen LogP) is 4.68. The Morgan fingerprint density at radius 1 is 1.14 bits per heavy atom. The van der Waals surface area contributed by atoms with E-state index in [0.29, 0.717) is 12.8 Å². The third-order valence-electron chi connectivity index (χ3n) is 6.00. The van der Waals surface area contributed by atoms with Crippen LogP contribution in [0.3, 0.4) is 0 Å². The molecule has 5 heteroatoms. The molecule has 0 radical (unpaired) electrons. The van der Waals surface area contributed by atoms with E-state index < -0.39 is 0 Å². The third kappa shape index (κ3) is 4.75. The molecule has 1 aromatic carbocycles. The van der Waals surface area contributed by atoms with Gasteiger partial charge in [0.25, 0.3) is 0 Å². The zero-order valence-electron chi connectivity index (χ0n) is 17.5. The van der Waals surface area contributed by atoms with Gasteiger partial charge in [-0.1, -0.05) is 54.4 Å². The summed E-state index contributed by atoms with van der Waals surface area (Å²) in [6.07, 6.45) is 7.93. The van der Waals surface area contributed by atoms with E-state index in [1.54, 1.807) is 11.8 Å². The zero-order valence-corrected chi connectivity index (χ0v) is 18.3. The van der Waals surface area contributed by atoms with Crippen molar-refractivity contribution in [2.24, 2.45) is 0 Å². The lowest BCUT2D eigenvalue weighted by Gasteiger charge is -2.30. The van der Waals surface area contributed by atoms with E-state index in [4.69, 9.17) is 0 Å². The van der Waals surface area contributed by atoms with Gasteiger partial charge in [0.1, 0.15) is 0 Å². The standard InChI is InChI=1S/C23H31N3OS/c1-16-8-7-9-19(14-16)23(12-5-6-13-23)15-24-21(27)11-10-20-17(2)25-22(28-4)26-18(20)3/h7-9,14H,5-6,10-13,15H2,1-4H3,(H,24,27). The van der Waals surface area contributed by atoms with Crippen molar-refractivity contribution in [2.45, 2.75) is 69.9 Å². The van der Waals surface area contributed by atoms with Crippen LogP contribution >= 0.6 is 11.8 Å². The molecule has 1 N–H and O–H groups in total. The fraction of sp³-hybridized carbons (Fsp3) is 0.522. The van der Waals surface area contributed by atoms with Gasteiger partial charge in [-0.3, -0.25) is 4.79 Å². The average Bonchev–Trinajstić information content (AvgIpc) is 3.16. The molecule has 0 spiro atoms. The number of amides is 1. The van der Waals surface area contributed by atoms with E-state index in [9.17, 15) is 4.79 Å². The second kappa shape index (κ2) is 9.08. The number of carbonyl (C=O) groups excluding carboxylic acids is 1. The van der Waals surface area contributed by atoms with Crippen LogP contribution in [0.25, 0.3) is 0 Å². The van der Waals surface area contributed by atoms with Crippen molar-refractivity contribution in [3.8, 4) is 0 Å². The maximum absolute atomic E-state index is 12.6. The second-order valence-corrected chi connectivity index (χ2v) is 8.77. The molecule has 1 fully saturated rings. The Morgan fingerprint density at radius 2 is 1.82 bits per heavy atom. The molecular weight excluding hydrogens is 366 g/mol. The summed E-state index contributed by atoms with van der Waals surface area (Å²) in [4.78, 5) is 21.6. The summed E-state index contributed by atoms with van der Waals surface area (Å²) in [7, 11) is 0. The van der Waals surface area contributed by atoms with Crippen LogP contribution in [0.4, 0.5) is 0 Å². The van der Waals surface area contributed by atoms with Crippen molar-refractivity contribution in [3.63, 3.8) is 0 Å². The van der Waals surface area contributed by atoms with E-state index in [2.05, 4.69) is 46.5 Å². The van der Waals surface area contributed by atoms with Crippen LogP contribution < -0.4 is 5.32 Å². The van der Waals surface area contributed by atoms with Crippen LogP contribution in [0.1, 0.15) is 60.2 Å². The van der Waals surface area contributed by atoms with Crippen LogP contribution in [0.2, 0.25) is 0 Å². The quantitative estimate of drug-likeness (QED) is 0.544. The van der Waals surface area contributed by atoms with Crippen LogP contribution in [0, 0.1) is 20.8 Å². The highest BCUT2D eigenvalue weighted by molar-refractivity contribution is 7.98. The fourth-order valence-electron chi connectivity index (χ4n) is 4.35. The molecular formula is C23H31N3OS. The molecule has 150 valence electrons. The van der Waals surface area contributed by atoms with Crippen molar-refractivity contribution in [1.29, 1.82) is 0 Å². The largest absolute Gasteiger partial charge is 0.355 e. The van der Waals surface area contributed by atoms with Crippen molar-refractivity contribution in [2.75, 3.05) is 12.8 Å². The molecule has 1 amide bonds. The number of rotatable bonds is 7. The van der Waals surface area contributed by atoms with Gasteiger partial charge < -0.3 is 5.32 Å². The topological polar surface area (TPSA) is 54.9 Å². The minimum atomic E-state index is 0.0939. The number of hydrogen-bond donors (Lipinski definition) is 1. The fourth-order valence-corrected chi connectivity index (χ4v) is 4.81. The number of hydrogen-bond acceptors (Lipinski definition) is 4. The third-order valence-corrected chi connectivity index (χ3v) is 6.55. The first-order valence-corrected chi connectivity index (χ1v) is 11.4. The van der Waals surface area contributed by atoms with Gasteiger partial charge in [-0.2, -0.15) is 0 Å². The molecule has 3 rings (SSSR count). The Balaban J connectivity index is 1.62. The summed E-state index contributed by atoms with van der Waals surface area (Å²) in [6, 6.07) is 8.78. The van der Waals surface area contributed by atoms with Crippen molar-refractivity contribution >= 4 is 17.7 Å². The molecule has 1 aliphatic rings. The van der Waals surface area contributed by atoms with E-state index in [-0.39, 0.29) is 11.3 Å². The molecule has 28 heavy (non-hydrogen) atoms. The lowest BCUT2D eigenvalue weighted by molar-refractivity contribution is -0.121. The SMILES string of the molecule is CSc1nc(C)c(CCC(=O)NCC2(c3cccc(C)c3)CCCC2)c(C)n1. The Morgan fingerprint density at radius 3 is 2.43 bits per heavy atom. The van der Waals surface area contributed by atoms with Crippen LogP contribution in [-0.2, 0) is 16.6 Å². The van der Waals surface area contributed by atoms with Gasteiger partial charge in [0.15, 0.2) is 5.16 Å². The maximum atomic E-state index is 12.6. The number of nitrogens with one attached hydrogen (secondary N) is 1. The molecule has 2 aromatic rings. The minimum absolute atomic E-state index is 0.0939. The number of nitrogens with zero attached hydrogens (tertiary/aromatic N) is 2. The lowest BCUT2D eigenvalue weighted by atomic mass is 9.78. The van der Waals surface area contributed by atoms with Gasteiger partial charge in [0.05, 0.1) is 0 Å². The lowest BCUT2D eigenvalue weighted by Crippen LogP contribution is -2.39. The normalized spacial score (nSPS) is 15.6. The van der Waals surface area contributed by atoms with Crippen LogP contribution in [-0.4, -0.2) is 28.7 Å². The second-order valence-electron chi connectivity index (χ2n) is 7.99. The average molecular weight is 398 g/mol. The Hall–Kier alpha value is -1.88. The van der Waals surface area contributed by atoms with E-state index in [1.807, 2.05) is 20.1 Å². The molecule has 0 unspecified atom stereocenters. The molecule has 1 aliphatic carbocycles. The minimum Gasteiger partial charge on any atom is -0.355 e. The zero-order chi connectivity index (χ0) is 20.1. The summed E-state index contributed by atoms with van der Waals surface area (Å²) >= 11 is 1.55. The first-order chi connectivity index (χ1) is 13.4. The number of aryl methyl sites for hydroxylation is 3. The Labute approximate surface area is 173 Å². The van der Waals surface area contributed by atoms with Crippen molar-refractivity contribution < 1.29 is 4.79 Å². The van der Waals surface area contributed by atoms with Gasteiger partial charge in [0, 0.05) is 29.8 Å². The molecule has 0 saturated heterocycles. The first kappa shape index (κ1) is 20.8. The smallest absolute Gasteiger partial charge is 0.220 e. The summed E-state index contributed by atoms with van der Waals surface area (Å²) in [6.45, 7) is 6.88. The maximum Gasteiger partial charge on any atom is 0.220 e. The van der Waals surface area contributed by atoms with Crippen molar-refractivity contribution in [1.82, 2.24) is 15.3 Å². The van der Waals surface area contributed by atoms with Crippen LogP contribution in [0.5, 0.6) is 0 Å². The van der Waals surface area contributed by atoms with Gasteiger partial charge >= 0.3 is 0 Å². The summed E-state index contributed by atoms with van der Waals surface area (Å²) < 4.78 is 0. The highest BCUT2D eigenvalue weighted by Crippen LogP contribution is 2.40. The number of thioether (sulfide) groups is 1. The predicted molar refractivity (Wildman–Crippen MR) is 116 cm³/mol. The molecule has 0 aliphatic heterocycles. The van der Waals surface area contributed by atoms with Gasteiger partial charge in [0.2, 0.25) is 5.91 Å². The van der Waals surface area contributed by atoms with E-state index in [1.165, 1.54) is 24.0 Å². The molecule has 0 bridgehead atoms. The Bertz CT molecular complexity index is 820. The van der Waals surface area contributed by atoms with E-state index >= 15 is 0 Å². The summed E-state index contributed by atoms with van der Waals surface area (Å²) in [5.41, 5.74) is 5.82. The molecule has 0 atom stereocenters. The van der Waals surface area contributed by atoms with Gasteiger partial charge in [-0.25, -0.2) is 9.97 Å². The highest BCUT2D eigenvalue weighted by Gasteiger charge is 2.35. The monoisotopic (exact) mass is 397 g/mol. The summed E-state index contributed by atoms with van der Waals surface area (Å²) in [5, 5.41) is 4.03. The molecule has 4 nitrogen and oxygen atoms in total.